The maximum atomic E-state index is 14.9. The maximum Gasteiger partial charge on any atom is 0.255 e. The summed E-state index contributed by atoms with van der Waals surface area (Å²) in [6.07, 6.45) is 3.97. The van der Waals surface area contributed by atoms with E-state index in [0.717, 1.165) is 25.7 Å². The molecule has 1 aliphatic rings. The Bertz CT molecular complexity index is 1200. The van der Waals surface area contributed by atoms with Gasteiger partial charge in [-0.2, -0.15) is 5.10 Å². The van der Waals surface area contributed by atoms with Crippen molar-refractivity contribution < 1.29 is 18.7 Å². The zero-order valence-electron chi connectivity index (χ0n) is 18.3. The van der Waals surface area contributed by atoms with Crippen LogP contribution in [-0.4, -0.2) is 28.7 Å². The number of anilines is 1. The number of nitrogens with two attached hydrogens (primary N) is 2. The zero-order valence-corrected chi connectivity index (χ0v) is 18.3. The molecule has 0 saturated heterocycles. The minimum atomic E-state index is -0.708. The fourth-order valence-electron chi connectivity index (χ4n) is 4.26. The number of methoxy groups -OCH3 is 1. The Morgan fingerprint density at radius 1 is 1.21 bits per heavy atom. The van der Waals surface area contributed by atoms with E-state index in [1.807, 2.05) is 0 Å². The molecule has 0 unspecified atom stereocenters. The first-order chi connectivity index (χ1) is 15.9. The summed E-state index contributed by atoms with van der Waals surface area (Å²) in [4.78, 5) is 24.6. The third-order valence-electron chi connectivity index (χ3n) is 5.98. The molecule has 0 atom stereocenters. The molecule has 0 aliphatic heterocycles. The topological polar surface area (TPSA) is 125 Å². The number of amides is 2. The number of para-hydroxylation sites is 1. The highest BCUT2D eigenvalue weighted by Crippen LogP contribution is 2.35. The SMILES string of the molecule is COc1ccccc1C(=O)NCc1ccc(-c2nn(C3CCCC3)c(N)c2C(N)=O)cc1F. The van der Waals surface area contributed by atoms with Crippen LogP contribution in [0.5, 0.6) is 5.75 Å². The molecule has 5 N–H and O–H groups in total. The second-order valence-corrected chi connectivity index (χ2v) is 8.05. The monoisotopic (exact) mass is 451 g/mol. The smallest absolute Gasteiger partial charge is 0.255 e. The standard InChI is InChI=1S/C24H26FN5O3/c1-33-19-9-5-4-8-17(19)24(32)28-13-15-11-10-14(12-18(15)25)21-20(23(27)31)22(26)30(29-21)16-6-2-3-7-16/h4-5,8-12,16H,2-3,6-7,13,26H2,1H3,(H2,27,31)(H,28,32). The van der Waals surface area contributed by atoms with Crippen LogP contribution in [0.3, 0.4) is 0 Å². The highest BCUT2D eigenvalue weighted by atomic mass is 19.1. The molecular formula is C24H26FN5O3. The van der Waals surface area contributed by atoms with Crippen molar-refractivity contribution in [3.05, 3.63) is 65.0 Å². The van der Waals surface area contributed by atoms with Gasteiger partial charge < -0.3 is 21.5 Å². The molecule has 1 aliphatic carbocycles. The van der Waals surface area contributed by atoms with E-state index in [4.69, 9.17) is 16.2 Å². The number of ether oxygens (including phenoxy) is 1. The van der Waals surface area contributed by atoms with Crippen molar-refractivity contribution in [2.24, 2.45) is 5.73 Å². The van der Waals surface area contributed by atoms with E-state index in [0.29, 0.717) is 16.9 Å². The Balaban J connectivity index is 1.57. The van der Waals surface area contributed by atoms with Crippen LogP contribution in [0, 0.1) is 5.82 Å². The zero-order chi connectivity index (χ0) is 23.5. The van der Waals surface area contributed by atoms with Crippen LogP contribution in [0.1, 0.15) is 58.0 Å². The van der Waals surface area contributed by atoms with E-state index >= 15 is 0 Å². The van der Waals surface area contributed by atoms with Crippen LogP contribution in [0.15, 0.2) is 42.5 Å². The number of halogens is 1. The van der Waals surface area contributed by atoms with Crippen LogP contribution < -0.4 is 21.5 Å². The van der Waals surface area contributed by atoms with Gasteiger partial charge in [-0.15, -0.1) is 0 Å². The molecule has 2 amide bonds. The fourth-order valence-corrected chi connectivity index (χ4v) is 4.26. The first-order valence-electron chi connectivity index (χ1n) is 10.8. The lowest BCUT2D eigenvalue weighted by molar-refractivity contribution is 0.0946. The van der Waals surface area contributed by atoms with Gasteiger partial charge in [0.25, 0.3) is 11.8 Å². The summed E-state index contributed by atoms with van der Waals surface area (Å²) in [6, 6.07) is 11.4. The van der Waals surface area contributed by atoms with E-state index in [1.54, 1.807) is 41.1 Å². The average molecular weight is 452 g/mol. The second-order valence-electron chi connectivity index (χ2n) is 8.05. The van der Waals surface area contributed by atoms with Gasteiger partial charge in [-0.3, -0.25) is 9.59 Å². The summed E-state index contributed by atoms with van der Waals surface area (Å²) in [5, 5.41) is 7.22. The van der Waals surface area contributed by atoms with Gasteiger partial charge in [-0.25, -0.2) is 9.07 Å². The molecule has 8 nitrogen and oxygen atoms in total. The number of hydrogen-bond donors (Lipinski definition) is 3. The summed E-state index contributed by atoms with van der Waals surface area (Å²) in [5.41, 5.74) is 13.2. The Morgan fingerprint density at radius 2 is 1.94 bits per heavy atom. The molecule has 1 fully saturated rings. The minimum absolute atomic E-state index is 0.0235. The van der Waals surface area contributed by atoms with Crippen molar-refractivity contribution in [1.82, 2.24) is 15.1 Å². The highest BCUT2D eigenvalue weighted by Gasteiger charge is 2.27. The van der Waals surface area contributed by atoms with Crippen molar-refractivity contribution in [3.8, 4) is 17.0 Å². The average Bonchev–Trinajstić information content (AvgIpc) is 3.45. The largest absolute Gasteiger partial charge is 0.496 e. The number of benzene rings is 2. The van der Waals surface area contributed by atoms with Gasteiger partial charge in [0.2, 0.25) is 0 Å². The maximum absolute atomic E-state index is 14.9. The van der Waals surface area contributed by atoms with Crippen LogP contribution in [0.25, 0.3) is 11.3 Å². The van der Waals surface area contributed by atoms with E-state index in [-0.39, 0.29) is 41.1 Å². The molecule has 3 aromatic rings. The molecule has 33 heavy (non-hydrogen) atoms. The van der Waals surface area contributed by atoms with E-state index < -0.39 is 11.7 Å². The quantitative estimate of drug-likeness (QED) is 0.508. The molecule has 172 valence electrons. The molecule has 4 rings (SSSR count). The number of nitrogen functional groups attached to an aromatic ring is 1. The first kappa shape index (κ1) is 22.3. The number of rotatable bonds is 7. The van der Waals surface area contributed by atoms with Crippen molar-refractivity contribution in [1.29, 1.82) is 0 Å². The summed E-state index contributed by atoms with van der Waals surface area (Å²) in [5.74, 6) is -0.995. The predicted octanol–water partition coefficient (Wildman–Crippen LogP) is 3.42. The van der Waals surface area contributed by atoms with Crippen LogP contribution >= 0.6 is 0 Å². The van der Waals surface area contributed by atoms with Crippen LogP contribution in [-0.2, 0) is 6.54 Å². The van der Waals surface area contributed by atoms with Crippen molar-refractivity contribution in [2.75, 3.05) is 12.8 Å². The van der Waals surface area contributed by atoms with Crippen molar-refractivity contribution in [3.63, 3.8) is 0 Å². The summed E-state index contributed by atoms with van der Waals surface area (Å²) in [7, 11) is 1.48. The highest BCUT2D eigenvalue weighted by molar-refractivity contribution is 6.03. The van der Waals surface area contributed by atoms with Gasteiger partial charge in [0.05, 0.1) is 18.7 Å². The lowest BCUT2D eigenvalue weighted by Gasteiger charge is -2.11. The second kappa shape index (κ2) is 9.32. The number of carbonyl (C=O) groups excluding carboxylic acids is 2. The number of carbonyl (C=O) groups is 2. The lowest BCUT2D eigenvalue weighted by Crippen LogP contribution is -2.23. The van der Waals surface area contributed by atoms with Gasteiger partial charge in [-0.1, -0.05) is 37.1 Å². The minimum Gasteiger partial charge on any atom is -0.496 e. The van der Waals surface area contributed by atoms with Crippen molar-refractivity contribution >= 4 is 17.6 Å². The van der Waals surface area contributed by atoms with Gasteiger partial charge in [0.1, 0.15) is 28.6 Å². The molecular weight excluding hydrogens is 425 g/mol. The van der Waals surface area contributed by atoms with E-state index in [9.17, 15) is 14.0 Å². The third kappa shape index (κ3) is 4.39. The predicted molar refractivity (Wildman–Crippen MR) is 122 cm³/mol. The lowest BCUT2D eigenvalue weighted by atomic mass is 10.0. The van der Waals surface area contributed by atoms with Crippen molar-refractivity contribution in [2.45, 2.75) is 38.3 Å². The summed E-state index contributed by atoms with van der Waals surface area (Å²) >= 11 is 0. The Morgan fingerprint density at radius 3 is 2.61 bits per heavy atom. The van der Waals surface area contributed by atoms with E-state index in [1.165, 1.54) is 13.2 Å². The van der Waals surface area contributed by atoms with Gasteiger partial charge >= 0.3 is 0 Å². The molecule has 9 heteroatoms. The third-order valence-corrected chi connectivity index (χ3v) is 5.98. The Kier molecular flexibility index (Phi) is 6.30. The van der Waals surface area contributed by atoms with Crippen LogP contribution in [0.2, 0.25) is 0 Å². The molecule has 1 aromatic heterocycles. The Hall–Kier alpha value is -3.88. The van der Waals surface area contributed by atoms with Gasteiger partial charge in [-0.05, 0) is 31.0 Å². The number of hydrogen-bond acceptors (Lipinski definition) is 5. The normalized spacial score (nSPS) is 13.8. The molecule has 0 radical (unpaired) electrons. The summed E-state index contributed by atoms with van der Waals surface area (Å²) < 4.78 is 21.8. The number of nitrogens with zero attached hydrogens (tertiary/aromatic N) is 2. The molecule has 2 aromatic carbocycles. The van der Waals surface area contributed by atoms with Crippen LogP contribution in [0.4, 0.5) is 10.2 Å². The Labute approximate surface area is 190 Å². The molecule has 1 saturated carbocycles. The van der Waals surface area contributed by atoms with Gasteiger partial charge in [0.15, 0.2) is 0 Å². The van der Waals surface area contributed by atoms with E-state index in [2.05, 4.69) is 10.4 Å². The molecule has 0 bridgehead atoms. The first-order valence-corrected chi connectivity index (χ1v) is 10.8. The number of primary amides is 1. The number of nitrogens with one attached hydrogen (secondary N) is 1. The molecule has 0 spiro atoms. The summed E-state index contributed by atoms with van der Waals surface area (Å²) in [6.45, 7) is -0.0235. The fraction of sp³-hybridized carbons (Fsp3) is 0.292. The molecule has 1 heterocycles. The number of aromatic nitrogens is 2. The van der Waals surface area contributed by atoms with Gasteiger partial charge in [0, 0.05) is 17.7 Å².